The number of thiocarbonyl (C=S) groups is 1. The first-order chi connectivity index (χ1) is 17.7. The Hall–Kier alpha value is -3.96. The van der Waals surface area contributed by atoms with Gasteiger partial charge in [-0.05, 0) is 78.9 Å². The maximum Gasteiger partial charge on any atom is 0.229 e. The zero-order chi connectivity index (χ0) is 26.2. The first kappa shape index (κ1) is 24.7. The van der Waals surface area contributed by atoms with Crippen LogP contribution < -0.4 is 19.7 Å². The number of sulfonamides is 1. The van der Waals surface area contributed by atoms with Crippen LogP contribution in [0, 0.1) is 5.82 Å². The minimum Gasteiger partial charge on any atom is -0.495 e. The molecule has 2 N–H and O–H groups in total. The molecule has 0 unspecified atom stereocenters. The van der Waals surface area contributed by atoms with E-state index in [1.165, 1.54) is 19.2 Å². The first-order valence-corrected chi connectivity index (χ1v) is 13.6. The minimum absolute atomic E-state index is 0.291. The number of benzene rings is 2. The van der Waals surface area contributed by atoms with E-state index >= 15 is 0 Å². The maximum atomic E-state index is 13.7. The summed E-state index contributed by atoms with van der Waals surface area (Å²) in [5.41, 5.74) is 3.39. The van der Waals surface area contributed by atoms with Gasteiger partial charge >= 0.3 is 0 Å². The predicted octanol–water partition coefficient (Wildman–Crippen LogP) is 4.57. The largest absolute Gasteiger partial charge is 0.495 e. The number of nitrogens with zero attached hydrogens (tertiary/aromatic N) is 3. The molecule has 0 aliphatic carbocycles. The Labute approximate surface area is 219 Å². The third-order valence-electron chi connectivity index (χ3n) is 6.04. The van der Waals surface area contributed by atoms with Gasteiger partial charge in [-0.25, -0.2) is 12.8 Å². The van der Waals surface area contributed by atoms with E-state index in [-0.39, 0.29) is 17.9 Å². The van der Waals surface area contributed by atoms with Crippen LogP contribution in [-0.4, -0.2) is 36.4 Å². The number of anilines is 2. The van der Waals surface area contributed by atoms with Crippen LogP contribution in [0.1, 0.15) is 23.5 Å². The quantitative estimate of drug-likeness (QED) is 0.334. The van der Waals surface area contributed by atoms with E-state index in [1.54, 1.807) is 30.5 Å². The topological polar surface area (TPSA) is 88.5 Å². The molecule has 1 aliphatic heterocycles. The van der Waals surface area contributed by atoms with Crippen molar-refractivity contribution in [2.24, 2.45) is 0 Å². The molecule has 0 radical (unpaired) electrons. The second-order valence-corrected chi connectivity index (χ2v) is 10.7. The maximum absolute atomic E-state index is 13.7. The second-order valence-electron chi connectivity index (χ2n) is 8.53. The Morgan fingerprint density at radius 3 is 2.49 bits per heavy atom. The van der Waals surface area contributed by atoms with Crippen LogP contribution in [0.25, 0.3) is 5.69 Å². The summed E-state index contributed by atoms with van der Waals surface area (Å²) in [6, 6.07) is 20.3. The van der Waals surface area contributed by atoms with E-state index in [2.05, 4.69) is 15.0 Å². The molecule has 2 atom stereocenters. The molecule has 11 heteroatoms. The first-order valence-electron chi connectivity index (χ1n) is 11.3. The highest BCUT2D eigenvalue weighted by atomic mass is 32.2. The molecule has 8 nitrogen and oxygen atoms in total. The van der Waals surface area contributed by atoms with Crippen molar-refractivity contribution in [1.29, 1.82) is 0 Å². The van der Waals surface area contributed by atoms with Gasteiger partial charge in [-0.1, -0.05) is 6.07 Å². The van der Waals surface area contributed by atoms with E-state index < -0.39 is 10.0 Å². The Morgan fingerprint density at radius 1 is 1.05 bits per heavy atom. The Morgan fingerprint density at radius 2 is 1.81 bits per heavy atom. The fourth-order valence-electron chi connectivity index (χ4n) is 4.53. The lowest BCUT2D eigenvalue weighted by atomic mass is 10.0. The fourth-order valence-corrected chi connectivity index (χ4v) is 5.44. The van der Waals surface area contributed by atoms with Gasteiger partial charge in [0.25, 0.3) is 0 Å². The molecule has 0 spiro atoms. The molecule has 1 saturated heterocycles. The number of rotatable bonds is 7. The van der Waals surface area contributed by atoms with E-state index in [4.69, 9.17) is 17.0 Å². The standard InChI is InChI=1S/C26H24FN5O3S2/c1-35-23-13-12-19(16-21(23)30-37(2,33)34)32-25(24(29-26(32)36)20-6-3-4-14-28-20)22-7-5-15-31(22)18-10-8-17(27)9-11-18/h3-16,24-25,30H,1-2H3,(H,29,36)/t24-,25+/m0/s1. The van der Waals surface area contributed by atoms with Crippen LogP contribution in [0.4, 0.5) is 15.8 Å². The number of nitrogens with one attached hydrogen (secondary N) is 2. The molecule has 1 aliphatic rings. The summed E-state index contributed by atoms with van der Waals surface area (Å²) in [4.78, 5) is 6.50. The van der Waals surface area contributed by atoms with Gasteiger partial charge in [0, 0.05) is 29.5 Å². The van der Waals surface area contributed by atoms with Gasteiger partial charge in [0.15, 0.2) is 5.11 Å². The third kappa shape index (κ3) is 5.00. The summed E-state index contributed by atoms with van der Waals surface area (Å²) in [6.07, 6.45) is 4.71. The molecule has 190 valence electrons. The average molecular weight is 538 g/mol. The van der Waals surface area contributed by atoms with Gasteiger partial charge in [-0.15, -0.1) is 0 Å². The van der Waals surface area contributed by atoms with Crippen molar-refractivity contribution in [2.75, 3.05) is 23.0 Å². The number of pyridine rings is 1. The highest BCUT2D eigenvalue weighted by Crippen LogP contribution is 2.43. The molecule has 1 fully saturated rings. The van der Waals surface area contributed by atoms with Gasteiger partial charge in [0.05, 0.1) is 30.8 Å². The van der Waals surface area contributed by atoms with Crippen molar-refractivity contribution in [3.8, 4) is 11.4 Å². The summed E-state index contributed by atoms with van der Waals surface area (Å²) in [7, 11) is -2.09. The van der Waals surface area contributed by atoms with E-state index in [0.717, 1.165) is 23.3 Å². The number of hydrogen-bond acceptors (Lipinski definition) is 5. The van der Waals surface area contributed by atoms with Crippen LogP contribution in [0.2, 0.25) is 0 Å². The molecule has 5 rings (SSSR count). The molecular formula is C26H24FN5O3S2. The van der Waals surface area contributed by atoms with E-state index in [1.807, 2.05) is 52.1 Å². The molecule has 2 aromatic carbocycles. The lowest BCUT2D eigenvalue weighted by Gasteiger charge is -2.29. The summed E-state index contributed by atoms with van der Waals surface area (Å²) in [5, 5.41) is 3.84. The van der Waals surface area contributed by atoms with Gasteiger partial charge in [-0.3, -0.25) is 9.71 Å². The van der Waals surface area contributed by atoms with Crippen molar-refractivity contribution in [2.45, 2.75) is 12.1 Å². The van der Waals surface area contributed by atoms with Crippen LogP contribution in [0.3, 0.4) is 0 Å². The number of halogens is 1. The Balaban J connectivity index is 1.66. The molecule has 4 aromatic rings. The van der Waals surface area contributed by atoms with E-state index in [9.17, 15) is 12.8 Å². The third-order valence-corrected chi connectivity index (χ3v) is 6.95. The zero-order valence-electron chi connectivity index (χ0n) is 20.0. The van der Waals surface area contributed by atoms with Gasteiger partial charge < -0.3 is 19.5 Å². The smallest absolute Gasteiger partial charge is 0.229 e. The minimum atomic E-state index is -3.56. The monoisotopic (exact) mass is 537 g/mol. The van der Waals surface area contributed by atoms with Crippen LogP contribution in [0.15, 0.2) is 85.2 Å². The van der Waals surface area contributed by atoms with Crippen molar-refractivity contribution in [1.82, 2.24) is 14.9 Å². The predicted molar refractivity (Wildman–Crippen MR) is 145 cm³/mol. The summed E-state index contributed by atoms with van der Waals surface area (Å²) >= 11 is 5.80. The Kier molecular flexibility index (Phi) is 6.57. The van der Waals surface area contributed by atoms with Crippen LogP contribution in [-0.2, 0) is 10.0 Å². The second kappa shape index (κ2) is 9.83. The van der Waals surface area contributed by atoms with Gasteiger partial charge in [0.2, 0.25) is 10.0 Å². The number of ether oxygens (including phenoxy) is 1. The molecular weight excluding hydrogens is 513 g/mol. The van der Waals surface area contributed by atoms with Crippen molar-refractivity contribution in [3.05, 3.63) is 102 Å². The highest BCUT2D eigenvalue weighted by Gasteiger charge is 2.42. The number of aromatic nitrogens is 2. The SMILES string of the molecule is COc1ccc(N2C(=S)N[C@@H](c3ccccn3)[C@H]2c2cccn2-c2ccc(F)cc2)cc1NS(C)(=O)=O. The molecule has 2 aromatic heterocycles. The number of hydrogen-bond donors (Lipinski definition) is 2. The lowest BCUT2D eigenvalue weighted by molar-refractivity contribution is 0.417. The highest BCUT2D eigenvalue weighted by molar-refractivity contribution is 7.92. The molecule has 3 heterocycles. The van der Waals surface area contributed by atoms with Gasteiger partial charge in [0.1, 0.15) is 17.6 Å². The van der Waals surface area contributed by atoms with Crippen molar-refractivity contribution in [3.63, 3.8) is 0 Å². The zero-order valence-corrected chi connectivity index (χ0v) is 21.6. The Bertz CT molecular complexity index is 1540. The molecule has 0 amide bonds. The summed E-state index contributed by atoms with van der Waals surface area (Å²) in [6.45, 7) is 0. The normalized spacial score (nSPS) is 17.5. The lowest BCUT2D eigenvalue weighted by Crippen LogP contribution is -2.30. The van der Waals surface area contributed by atoms with Crippen LogP contribution in [0.5, 0.6) is 5.75 Å². The molecule has 0 bridgehead atoms. The van der Waals surface area contributed by atoms with E-state index in [0.29, 0.717) is 22.2 Å². The van der Waals surface area contributed by atoms with Crippen LogP contribution >= 0.6 is 12.2 Å². The summed E-state index contributed by atoms with van der Waals surface area (Å²) < 4.78 is 47.6. The van der Waals surface area contributed by atoms with Gasteiger partial charge in [-0.2, -0.15) is 0 Å². The van der Waals surface area contributed by atoms with Crippen molar-refractivity contribution >= 4 is 38.7 Å². The molecule has 37 heavy (non-hydrogen) atoms. The molecule has 0 saturated carbocycles. The average Bonchev–Trinajstić information content (AvgIpc) is 3.48. The fraction of sp³-hybridized carbons (Fsp3) is 0.154. The summed E-state index contributed by atoms with van der Waals surface area (Å²) in [5.74, 6) is 0.0538. The van der Waals surface area contributed by atoms with Crippen molar-refractivity contribution < 1.29 is 17.5 Å². The number of methoxy groups -OCH3 is 1.